The van der Waals surface area contributed by atoms with Crippen LogP contribution in [0.1, 0.15) is 12.0 Å². The van der Waals surface area contributed by atoms with Crippen LogP contribution in [0.25, 0.3) is 6.08 Å². The van der Waals surface area contributed by atoms with E-state index in [0.717, 1.165) is 6.42 Å². The first-order chi connectivity index (χ1) is 8.35. The summed E-state index contributed by atoms with van der Waals surface area (Å²) >= 11 is 0. The quantitative estimate of drug-likeness (QED) is 0.427. The first-order valence-corrected chi connectivity index (χ1v) is 5.32. The largest absolute Gasteiger partial charge is 0.235 e. The highest BCUT2D eigenvalue weighted by Gasteiger charge is 1.79. The number of nitrogens with zero attached hydrogens (tertiary/aromatic N) is 1. The third kappa shape index (κ3) is 10.1. The zero-order valence-corrected chi connectivity index (χ0v) is 9.88. The van der Waals surface area contributed by atoms with Crippen LogP contribution in [-0.4, -0.2) is 12.6 Å². The van der Waals surface area contributed by atoms with Gasteiger partial charge in [-0.3, -0.25) is 0 Å². The molecule has 0 N–H and O–H groups in total. The third-order valence-electron chi connectivity index (χ3n) is 1.70. The van der Waals surface area contributed by atoms with Crippen LogP contribution in [0.15, 0.2) is 66.7 Å². The molecule has 0 aliphatic carbocycles. The summed E-state index contributed by atoms with van der Waals surface area (Å²) in [6.45, 7) is 7.34. The summed E-state index contributed by atoms with van der Waals surface area (Å²) in [5, 5.41) is 0. The summed E-state index contributed by atoms with van der Waals surface area (Å²) in [6.07, 6.45) is 9.93. The summed E-state index contributed by atoms with van der Waals surface area (Å²) in [5.74, 6) is 0. The molecule has 0 aromatic heterocycles. The van der Waals surface area contributed by atoms with Gasteiger partial charge in [0.2, 0.25) is 6.08 Å². The summed E-state index contributed by atoms with van der Waals surface area (Å²) in [6, 6.07) is 10.3. The highest BCUT2D eigenvalue weighted by atomic mass is 16.1. The maximum Gasteiger partial charge on any atom is 0.235 e. The van der Waals surface area contributed by atoms with Gasteiger partial charge in [-0.25, -0.2) is 9.79 Å². The van der Waals surface area contributed by atoms with Crippen LogP contribution in [0.5, 0.6) is 0 Å². The van der Waals surface area contributed by atoms with Gasteiger partial charge in [0.15, 0.2) is 0 Å². The van der Waals surface area contributed by atoms with Crippen molar-refractivity contribution in [3.05, 3.63) is 67.3 Å². The number of aliphatic imine (C=N–C) groups is 1. The van der Waals surface area contributed by atoms with E-state index in [2.05, 4.69) is 42.4 Å². The number of carbonyl (C=O) groups excluding carboxylic acids is 1. The van der Waals surface area contributed by atoms with E-state index in [1.807, 2.05) is 24.3 Å². The van der Waals surface area contributed by atoms with Crippen molar-refractivity contribution in [3.63, 3.8) is 0 Å². The maximum absolute atomic E-state index is 9.22. The van der Waals surface area contributed by atoms with Gasteiger partial charge in [0.1, 0.15) is 0 Å². The summed E-state index contributed by atoms with van der Waals surface area (Å²) in [7, 11) is 0. The topological polar surface area (TPSA) is 29.4 Å². The molecule has 0 amide bonds. The van der Waals surface area contributed by atoms with Crippen LogP contribution in [0, 0.1) is 0 Å². The molecule has 0 saturated carbocycles. The fraction of sp³-hybridized carbons (Fsp3) is 0.133. The third-order valence-corrected chi connectivity index (χ3v) is 1.70. The Morgan fingerprint density at radius 2 is 1.88 bits per heavy atom. The van der Waals surface area contributed by atoms with E-state index in [4.69, 9.17) is 0 Å². The molecule has 2 heteroatoms. The lowest BCUT2D eigenvalue weighted by molar-refractivity contribution is 0.564. The molecule has 0 heterocycles. The van der Waals surface area contributed by atoms with E-state index in [-0.39, 0.29) is 0 Å². The van der Waals surface area contributed by atoms with Gasteiger partial charge < -0.3 is 0 Å². The van der Waals surface area contributed by atoms with Crippen molar-refractivity contribution in [1.82, 2.24) is 0 Å². The second-order valence-electron chi connectivity index (χ2n) is 3.06. The van der Waals surface area contributed by atoms with Crippen LogP contribution in [-0.2, 0) is 4.79 Å². The van der Waals surface area contributed by atoms with Gasteiger partial charge in [-0.05, 0) is 12.0 Å². The van der Waals surface area contributed by atoms with E-state index in [0.29, 0.717) is 6.54 Å². The summed E-state index contributed by atoms with van der Waals surface area (Å²) in [4.78, 5) is 12.4. The average molecular weight is 227 g/mol. The fourth-order valence-electron chi connectivity index (χ4n) is 0.966. The molecule has 1 aromatic rings. The molecular formula is C15H17NO. The predicted molar refractivity (Wildman–Crippen MR) is 73.5 cm³/mol. The van der Waals surface area contributed by atoms with Gasteiger partial charge in [0, 0.05) is 0 Å². The molecule has 0 fully saturated rings. The minimum Gasteiger partial charge on any atom is -0.211 e. The molecule has 0 aliphatic heterocycles. The molecule has 0 saturated heterocycles. The van der Waals surface area contributed by atoms with E-state index < -0.39 is 0 Å². The van der Waals surface area contributed by atoms with Gasteiger partial charge in [-0.1, -0.05) is 54.6 Å². The monoisotopic (exact) mass is 227 g/mol. The first-order valence-electron chi connectivity index (χ1n) is 5.32. The smallest absolute Gasteiger partial charge is 0.211 e. The Morgan fingerprint density at radius 1 is 1.18 bits per heavy atom. The fourth-order valence-corrected chi connectivity index (χ4v) is 0.966. The van der Waals surface area contributed by atoms with Crippen LogP contribution in [0.2, 0.25) is 0 Å². The van der Waals surface area contributed by atoms with Crippen LogP contribution in [0.3, 0.4) is 0 Å². The van der Waals surface area contributed by atoms with Crippen molar-refractivity contribution in [2.24, 2.45) is 4.99 Å². The minimum atomic E-state index is 0.378. The lowest BCUT2D eigenvalue weighted by Crippen LogP contribution is -1.67. The van der Waals surface area contributed by atoms with Gasteiger partial charge in [0.25, 0.3) is 0 Å². The molecule has 0 atom stereocenters. The number of benzene rings is 1. The molecule has 0 bridgehead atoms. The van der Waals surface area contributed by atoms with Crippen LogP contribution in [0.4, 0.5) is 0 Å². The minimum absolute atomic E-state index is 0.378. The Balaban J connectivity index is 0.000000366. The Labute approximate surface area is 103 Å². The van der Waals surface area contributed by atoms with Crippen LogP contribution < -0.4 is 0 Å². The highest BCUT2D eigenvalue weighted by molar-refractivity contribution is 5.48. The van der Waals surface area contributed by atoms with E-state index in [1.165, 1.54) is 17.7 Å². The zero-order chi connectivity index (χ0) is 12.8. The SMILES string of the molecule is C=CCC=Cc1ccccc1.C=CCN=C=O. The molecule has 1 aromatic carbocycles. The van der Waals surface area contributed by atoms with Gasteiger partial charge in [0.05, 0.1) is 6.54 Å². The molecule has 0 radical (unpaired) electrons. The molecule has 0 unspecified atom stereocenters. The van der Waals surface area contributed by atoms with E-state index >= 15 is 0 Å². The van der Waals surface area contributed by atoms with Crippen molar-refractivity contribution in [3.8, 4) is 0 Å². The van der Waals surface area contributed by atoms with Gasteiger partial charge >= 0.3 is 0 Å². The molecule has 17 heavy (non-hydrogen) atoms. The second kappa shape index (κ2) is 11.9. The molecular weight excluding hydrogens is 210 g/mol. The lowest BCUT2D eigenvalue weighted by atomic mass is 10.2. The van der Waals surface area contributed by atoms with Crippen molar-refractivity contribution < 1.29 is 4.79 Å². The molecule has 2 nitrogen and oxygen atoms in total. The van der Waals surface area contributed by atoms with Gasteiger partial charge in [-0.2, -0.15) is 0 Å². The average Bonchev–Trinajstić information content (AvgIpc) is 2.39. The van der Waals surface area contributed by atoms with Crippen LogP contribution >= 0.6 is 0 Å². The number of allylic oxidation sites excluding steroid dienone is 2. The van der Waals surface area contributed by atoms with Crippen molar-refractivity contribution in [1.29, 1.82) is 0 Å². The van der Waals surface area contributed by atoms with E-state index in [1.54, 1.807) is 0 Å². The van der Waals surface area contributed by atoms with Crippen molar-refractivity contribution in [2.45, 2.75) is 6.42 Å². The normalized spacial score (nSPS) is 8.71. The number of isocyanates is 1. The molecule has 0 spiro atoms. The molecule has 1 rings (SSSR count). The zero-order valence-electron chi connectivity index (χ0n) is 9.88. The predicted octanol–water partition coefficient (Wildman–Crippen LogP) is 3.78. The lowest BCUT2D eigenvalue weighted by Gasteiger charge is -1.88. The Bertz CT molecular complexity index is 387. The van der Waals surface area contributed by atoms with E-state index in [9.17, 15) is 4.79 Å². The highest BCUT2D eigenvalue weighted by Crippen LogP contribution is 2.01. The molecule has 0 aliphatic rings. The standard InChI is InChI=1S/C11H12.C4H5NO/c1-2-3-5-8-11-9-6-4-7-10-11;1-2-3-5-4-6/h2,4-10H,1,3H2;2H,1,3H2. The summed E-state index contributed by atoms with van der Waals surface area (Å²) in [5.41, 5.74) is 1.24. The second-order valence-corrected chi connectivity index (χ2v) is 3.06. The van der Waals surface area contributed by atoms with Crippen molar-refractivity contribution >= 4 is 12.2 Å². The summed E-state index contributed by atoms with van der Waals surface area (Å²) < 4.78 is 0. The maximum atomic E-state index is 9.22. The Hall–Kier alpha value is -2.18. The number of hydrogen-bond donors (Lipinski definition) is 0. The van der Waals surface area contributed by atoms with Crippen molar-refractivity contribution in [2.75, 3.05) is 6.54 Å². The molecule has 88 valence electrons. The Morgan fingerprint density at radius 3 is 2.35 bits per heavy atom. The first kappa shape index (κ1) is 14.8. The number of rotatable bonds is 5. The Kier molecular flexibility index (Phi) is 10.4. The van der Waals surface area contributed by atoms with Gasteiger partial charge in [-0.15, -0.1) is 13.2 Å². The number of hydrogen-bond acceptors (Lipinski definition) is 2.